The van der Waals surface area contributed by atoms with E-state index >= 15 is 0 Å². The molecule has 1 saturated heterocycles. The monoisotopic (exact) mass is 438 g/mol. The molecule has 4 rings (SSSR count). The second kappa shape index (κ2) is 9.40. The molecule has 2 aromatic carbocycles. The molecule has 1 fully saturated rings. The number of piperazine rings is 1. The Kier molecular flexibility index (Phi) is 6.41. The average Bonchev–Trinajstić information content (AvgIpc) is 2.80. The van der Waals surface area contributed by atoms with Crippen molar-refractivity contribution in [3.05, 3.63) is 76.7 Å². The number of hydrogen-bond acceptors (Lipinski definition) is 5. The summed E-state index contributed by atoms with van der Waals surface area (Å²) in [5.41, 5.74) is 3.88. The Labute approximate surface area is 186 Å². The highest BCUT2D eigenvalue weighted by atomic mass is 19.1. The van der Waals surface area contributed by atoms with Crippen molar-refractivity contribution in [2.24, 2.45) is 0 Å². The third kappa shape index (κ3) is 4.75. The Balaban J connectivity index is 1.53. The number of nitrogens with one attached hydrogen (secondary N) is 2. The zero-order chi connectivity index (χ0) is 22.7. The first kappa shape index (κ1) is 21.8. The topological polar surface area (TPSA) is 73.9 Å². The van der Waals surface area contributed by atoms with Gasteiger partial charge in [0.25, 0.3) is 0 Å². The minimum Gasteiger partial charge on any atom is -0.466 e. The lowest BCUT2D eigenvalue weighted by atomic mass is 9.95. The lowest BCUT2D eigenvalue weighted by Gasteiger charge is -2.38. The molecule has 0 bridgehead atoms. The summed E-state index contributed by atoms with van der Waals surface area (Å²) in [4.78, 5) is 29.6. The van der Waals surface area contributed by atoms with Crippen molar-refractivity contribution in [3.63, 3.8) is 0 Å². The molecule has 2 amide bonds. The van der Waals surface area contributed by atoms with Gasteiger partial charge in [-0.05, 0) is 36.8 Å². The Morgan fingerprint density at radius 2 is 1.72 bits per heavy atom. The summed E-state index contributed by atoms with van der Waals surface area (Å²) < 4.78 is 18.4. The Bertz CT molecular complexity index is 1010. The summed E-state index contributed by atoms with van der Waals surface area (Å²) in [6.07, 6.45) is 0. The van der Waals surface area contributed by atoms with E-state index in [0.29, 0.717) is 23.4 Å². The van der Waals surface area contributed by atoms with Crippen LogP contribution in [0.4, 0.5) is 14.9 Å². The van der Waals surface area contributed by atoms with E-state index in [1.165, 1.54) is 30.5 Å². The molecule has 0 radical (unpaired) electrons. The first-order chi connectivity index (χ1) is 15.4. The lowest BCUT2D eigenvalue weighted by Crippen LogP contribution is -2.51. The summed E-state index contributed by atoms with van der Waals surface area (Å²) >= 11 is 0. The van der Waals surface area contributed by atoms with E-state index in [2.05, 4.69) is 51.6 Å². The van der Waals surface area contributed by atoms with Gasteiger partial charge in [0.15, 0.2) is 0 Å². The maximum absolute atomic E-state index is 13.4. The number of ether oxygens (including phenoxy) is 1. The standard InChI is InChI=1S/C24H27FN4O3/c1-16-3-9-19(10-4-16)29-13-11-28(12-14-29)15-20-21(23(30)32-2)22(27-24(31)26-20)17-5-7-18(25)8-6-17/h3-10,22H,11-15H2,1-2H3,(H2,26,27,31). The quantitative estimate of drug-likeness (QED) is 0.703. The van der Waals surface area contributed by atoms with Crippen LogP contribution in [0.3, 0.4) is 0 Å². The van der Waals surface area contributed by atoms with Crippen molar-refractivity contribution in [3.8, 4) is 0 Å². The Morgan fingerprint density at radius 3 is 2.34 bits per heavy atom. The lowest BCUT2D eigenvalue weighted by molar-refractivity contribution is -0.136. The van der Waals surface area contributed by atoms with Gasteiger partial charge >= 0.3 is 12.0 Å². The first-order valence-electron chi connectivity index (χ1n) is 10.6. The van der Waals surface area contributed by atoms with Gasteiger partial charge in [-0.3, -0.25) is 4.90 Å². The van der Waals surface area contributed by atoms with Crippen molar-refractivity contribution >= 4 is 17.7 Å². The van der Waals surface area contributed by atoms with Gasteiger partial charge in [-0.2, -0.15) is 0 Å². The van der Waals surface area contributed by atoms with Gasteiger partial charge in [0.1, 0.15) is 5.82 Å². The van der Waals surface area contributed by atoms with Crippen LogP contribution < -0.4 is 15.5 Å². The fourth-order valence-electron chi connectivity index (χ4n) is 4.14. The summed E-state index contributed by atoms with van der Waals surface area (Å²) in [6, 6.07) is 13.1. The molecule has 0 spiro atoms. The van der Waals surface area contributed by atoms with Crippen LogP contribution in [0, 0.1) is 12.7 Å². The number of benzene rings is 2. The smallest absolute Gasteiger partial charge is 0.338 e. The van der Waals surface area contributed by atoms with Crippen LogP contribution in [0.5, 0.6) is 0 Å². The van der Waals surface area contributed by atoms with E-state index in [9.17, 15) is 14.0 Å². The molecule has 2 aromatic rings. The SMILES string of the molecule is COC(=O)C1=C(CN2CCN(c3ccc(C)cc3)CC2)NC(=O)NC1c1ccc(F)cc1. The summed E-state index contributed by atoms with van der Waals surface area (Å²) in [5, 5.41) is 5.55. The number of urea groups is 1. The number of amides is 2. The number of halogens is 1. The second-order valence-electron chi connectivity index (χ2n) is 8.07. The summed E-state index contributed by atoms with van der Waals surface area (Å²) in [5.74, 6) is -0.913. The second-order valence-corrected chi connectivity index (χ2v) is 8.07. The predicted molar refractivity (Wildman–Crippen MR) is 120 cm³/mol. The summed E-state index contributed by atoms with van der Waals surface area (Å²) in [7, 11) is 1.31. The fraction of sp³-hybridized carbons (Fsp3) is 0.333. The highest BCUT2D eigenvalue weighted by Crippen LogP contribution is 2.28. The van der Waals surface area contributed by atoms with Gasteiger partial charge in [-0.15, -0.1) is 0 Å². The normalized spacial score (nSPS) is 19.4. The third-order valence-electron chi connectivity index (χ3n) is 5.92. The van der Waals surface area contributed by atoms with E-state index in [1.54, 1.807) is 12.1 Å². The number of rotatable bonds is 5. The molecular formula is C24H27FN4O3. The zero-order valence-electron chi connectivity index (χ0n) is 18.2. The molecule has 0 aliphatic carbocycles. The molecule has 0 aromatic heterocycles. The highest BCUT2D eigenvalue weighted by molar-refractivity contribution is 5.95. The number of carbonyl (C=O) groups excluding carboxylic acids is 2. The third-order valence-corrected chi connectivity index (χ3v) is 5.92. The molecule has 2 heterocycles. The van der Waals surface area contributed by atoms with Crippen LogP contribution in [-0.2, 0) is 9.53 Å². The van der Waals surface area contributed by atoms with Crippen LogP contribution in [0.15, 0.2) is 59.8 Å². The molecule has 2 aliphatic rings. The molecule has 0 saturated carbocycles. The number of esters is 1. The molecule has 32 heavy (non-hydrogen) atoms. The van der Waals surface area contributed by atoms with Crippen LogP contribution in [0.25, 0.3) is 0 Å². The first-order valence-corrected chi connectivity index (χ1v) is 10.6. The van der Waals surface area contributed by atoms with Gasteiger partial charge in [-0.25, -0.2) is 14.0 Å². The van der Waals surface area contributed by atoms with E-state index in [0.717, 1.165) is 26.2 Å². The van der Waals surface area contributed by atoms with E-state index in [-0.39, 0.29) is 5.82 Å². The molecule has 2 aliphatic heterocycles. The number of aryl methyl sites for hydroxylation is 1. The highest BCUT2D eigenvalue weighted by Gasteiger charge is 2.34. The van der Waals surface area contributed by atoms with Gasteiger partial charge in [0.05, 0.1) is 18.7 Å². The molecule has 2 N–H and O–H groups in total. The largest absolute Gasteiger partial charge is 0.466 e. The Morgan fingerprint density at radius 1 is 1.06 bits per heavy atom. The van der Waals surface area contributed by atoms with E-state index < -0.39 is 18.0 Å². The molecule has 1 atom stereocenters. The van der Waals surface area contributed by atoms with Crippen LogP contribution >= 0.6 is 0 Å². The van der Waals surface area contributed by atoms with E-state index in [4.69, 9.17) is 4.74 Å². The fourth-order valence-corrected chi connectivity index (χ4v) is 4.14. The van der Waals surface area contributed by atoms with E-state index in [1.807, 2.05) is 0 Å². The van der Waals surface area contributed by atoms with Crippen molar-refractivity contribution in [1.82, 2.24) is 15.5 Å². The summed E-state index contributed by atoms with van der Waals surface area (Å²) in [6.45, 7) is 5.75. The van der Waals surface area contributed by atoms with Crippen LogP contribution in [-0.4, -0.2) is 56.7 Å². The minimum absolute atomic E-state index is 0.333. The van der Waals surface area contributed by atoms with Crippen molar-refractivity contribution in [2.75, 3.05) is 44.7 Å². The molecule has 168 valence electrons. The predicted octanol–water partition coefficient (Wildman–Crippen LogP) is 2.74. The Hall–Kier alpha value is -3.39. The van der Waals surface area contributed by atoms with Gasteiger partial charge < -0.3 is 20.3 Å². The number of methoxy groups -OCH3 is 1. The van der Waals surface area contributed by atoms with Crippen molar-refractivity contribution in [2.45, 2.75) is 13.0 Å². The van der Waals surface area contributed by atoms with Gasteiger partial charge in [0.2, 0.25) is 0 Å². The minimum atomic E-state index is -0.708. The molecular weight excluding hydrogens is 411 g/mol. The average molecular weight is 439 g/mol. The zero-order valence-corrected chi connectivity index (χ0v) is 18.2. The molecule has 1 unspecified atom stereocenters. The number of anilines is 1. The number of hydrogen-bond donors (Lipinski definition) is 2. The van der Waals surface area contributed by atoms with Crippen molar-refractivity contribution < 1.29 is 18.7 Å². The number of carbonyl (C=O) groups is 2. The molecule has 8 heteroatoms. The maximum Gasteiger partial charge on any atom is 0.338 e. The van der Waals surface area contributed by atoms with Gasteiger partial charge in [-0.1, -0.05) is 29.8 Å². The number of nitrogens with zero attached hydrogens (tertiary/aromatic N) is 2. The maximum atomic E-state index is 13.4. The van der Waals surface area contributed by atoms with Gasteiger partial charge in [0, 0.05) is 44.1 Å². The van der Waals surface area contributed by atoms with Crippen LogP contribution in [0.2, 0.25) is 0 Å². The molecule has 7 nitrogen and oxygen atoms in total. The van der Waals surface area contributed by atoms with Crippen molar-refractivity contribution in [1.29, 1.82) is 0 Å². The van der Waals surface area contributed by atoms with Crippen LogP contribution in [0.1, 0.15) is 17.2 Å².